The maximum absolute atomic E-state index is 10.7. The minimum atomic E-state index is -0.217. The Balaban J connectivity index is 1.49. The molecule has 4 heteroatoms. The molecule has 1 aromatic heterocycles. The van der Waals surface area contributed by atoms with E-state index in [1.165, 1.54) is 16.7 Å². The van der Waals surface area contributed by atoms with Crippen molar-refractivity contribution in [3.8, 4) is 0 Å². The van der Waals surface area contributed by atoms with Gasteiger partial charge in [0.2, 0.25) is 0 Å². The normalized spacial score (nSPS) is 23.8. The standard InChI is InChI=1S/C18H23N3O/c1-20-12-14(11-19-20)13-21-8-6-18(7-9-21)16-5-3-2-4-15(16)10-17(18)22/h2-5,11-12,17,22H,6-10,13H2,1H3. The van der Waals surface area contributed by atoms with Crippen LogP contribution in [-0.4, -0.2) is 39.0 Å². The fraction of sp³-hybridized carbons (Fsp3) is 0.500. The van der Waals surface area contributed by atoms with Crippen LogP contribution in [0.1, 0.15) is 29.5 Å². The van der Waals surface area contributed by atoms with Crippen LogP contribution in [0.5, 0.6) is 0 Å². The van der Waals surface area contributed by atoms with Crippen LogP contribution in [0.4, 0.5) is 0 Å². The first-order valence-electron chi connectivity index (χ1n) is 8.14. The van der Waals surface area contributed by atoms with Gasteiger partial charge in [-0.15, -0.1) is 0 Å². The van der Waals surface area contributed by atoms with Gasteiger partial charge in [-0.1, -0.05) is 24.3 Å². The maximum Gasteiger partial charge on any atom is 0.0678 e. The molecular formula is C18H23N3O. The summed E-state index contributed by atoms with van der Waals surface area (Å²) >= 11 is 0. The molecule has 116 valence electrons. The molecule has 1 aliphatic heterocycles. The first-order valence-corrected chi connectivity index (χ1v) is 8.14. The summed E-state index contributed by atoms with van der Waals surface area (Å²) < 4.78 is 1.86. The Kier molecular flexibility index (Phi) is 3.31. The van der Waals surface area contributed by atoms with Crippen LogP contribution in [0, 0.1) is 0 Å². The molecule has 1 N–H and O–H groups in total. The molecule has 4 nitrogen and oxygen atoms in total. The lowest BCUT2D eigenvalue weighted by Gasteiger charge is -2.42. The molecule has 0 radical (unpaired) electrons. The highest BCUT2D eigenvalue weighted by atomic mass is 16.3. The highest BCUT2D eigenvalue weighted by molar-refractivity contribution is 5.42. The second kappa shape index (κ2) is 5.21. The fourth-order valence-electron chi connectivity index (χ4n) is 4.29. The largest absolute Gasteiger partial charge is 0.392 e. The highest BCUT2D eigenvalue weighted by Gasteiger charge is 2.47. The Morgan fingerprint density at radius 2 is 2.05 bits per heavy atom. The predicted molar refractivity (Wildman–Crippen MR) is 85.5 cm³/mol. The Bertz CT molecular complexity index is 670. The van der Waals surface area contributed by atoms with Crippen molar-refractivity contribution in [3.05, 3.63) is 53.3 Å². The SMILES string of the molecule is Cn1cc(CN2CCC3(CC2)c2ccccc2CC3O)cn1. The molecule has 1 spiro atoms. The number of rotatable bonds is 2. The topological polar surface area (TPSA) is 41.3 Å². The summed E-state index contributed by atoms with van der Waals surface area (Å²) in [5, 5.41) is 14.9. The van der Waals surface area contributed by atoms with E-state index >= 15 is 0 Å². The molecule has 1 unspecified atom stereocenters. The van der Waals surface area contributed by atoms with Crippen LogP contribution >= 0.6 is 0 Å². The first-order chi connectivity index (χ1) is 10.7. The second-order valence-electron chi connectivity index (χ2n) is 6.83. The van der Waals surface area contributed by atoms with Gasteiger partial charge in [0.15, 0.2) is 0 Å². The molecule has 4 rings (SSSR count). The molecular weight excluding hydrogens is 274 g/mol. The lowest BCUT2D eigenvalue weighted by Crippen LogP contribution is -2.47. The minimum absolute atomic E-state index is 0.0119. The Morgan fingerprint density at radius 3 is 2.77 bits per heavy atom. The number of likely N-dealkylation sites (tertiary alicyclic amines) is 1. The summed E-state index contributed by atoms with van der Waals surface area (Å²) in [5.74, 6) is 0. The monoisotopic (exact) mass is 297 g/mol. The van der Waals surface area contributed by atoms with Crippen molar-refractivity contribution in [3.63, 3.8) is 0 Å². The van der Waals surface area contributed by atoms with Gasteiger partial charge in [-0.05, 0) is 43.5 Å². The molecule has 1 atom stereocenters. The third-order valence-corrected chi connectivity index (χ3v) is 5.52. The van der Waals surface area contributed by atoms with E-state index in [2.05, 4.69) is 40.5 Å². The molecule has 1 aliphatic carbocycles. The van der Waals surface area contributed by atoms with E-state index in [1.54, 1.807) is 0 Å². The predicted octanol–water partition coefficient (Wildman–Crippen LogP) is 1.87. The van der Waals surface area contributed by atoms with Gasteiger partial charge >= 0.3 is 0 Å². The average Bonchev–Trinajstić information content (AvgIpc) is 3.04. The van der Waals surface area contributed by atoms with Gasteiger partial charge < -0.3 is 5.11 Å². The van der Waals surface area contributed by atoms with E-state index in [-0.39, 0.29) is 11.5 Å². The molecule has 2 aliphatic rings. The first kappa shape index (κ1) is 14.0. The zero-order valence-corrected chi connectivity index (χ0v) is 13.1. The van der Waals surface area contributed by atoms with Gasteiger partial charge in [0.25, 0.3) is 0 Å². The molecule has 22 heavy (non-hydrogen) atoms. The van der Waals surface area contributed by atoms with E-state index in [4.69, 9.17) is 0 Å². The van der Waals surface area contributed by atoms with Crippen molar-refractivity contribution in [2.45, 2.75) is 37.3 Å². The van der Waals surface area contributed by atoms with E-state index in [0.717, 1.165) is 38.9 Å². The maximum atomic E-state index is 10.7. The van der Waals surface area contributed by atoms with Crippen molar-refractivity contribution in [1.82, 2.24) is 14.7 Å². The van der Waals surface area contributed by atoms with E-state index < -0.39 is 0 Å². The molecule has 2 heterocycles. The summed E-state index contributed by atoms with van der Waals surface area (Å²) in [4.78, 5) is 2.48. The van der Waals surface area contributed by atoms with Gasteiger partial charge in [-0.3, -0.25) is 9.58 Å². The van der Waals surface area contributed by atoms with Crippen molar-refractivity contribution in [2.75, 3.05) is 13.1 Å². The van der Waals surface area contributed by atoms with Gasteiger partial charge in [0.05, 0.1) is 12.3 Å². The lowest BCUT2D eigenvalue weighted by molar-refractivity contribution is 0.0414. The number of nitrogens with zero attached hydrogens (tertiary/aromatic N) is 3. The molecule has 0 bridgehead atoms. The number of fused-ring (bicyclic) bond motifs is 2. The van der Waals surface area contributed by atoms with Crippen molar-refractivity contribution >= 4 is 0 Å². The van der Waals surface area contributed by atoms with Crippen LogP contribution < -0.4 is 0 Å². The molecule has 0 saturated carbocycles. The van der Waals surface area contributed by atoms with Crippen LogP contribution in [0.15, 0.2) is 36.7 Å². The van der Waals surface area contributed by atoms with Crippen LogP contribution in [-0.2, 0) is 25.4 Å². The summed E-state index contributed by atoms with van der Waals surface area (Å²) in [6.07, 6.45) is 6.73. The van der Waals surface area contributed by atoms with Crippen molar-refractivity contribution in [2.24, 2.45) is 7.05 Å². The summed E-state index contributed by atoms with van der Waals surface area (Å²) in [5.41, 5.74) is 3.99. The van der Waals surface area contributed by atoms with Crippen LogP contribution in [0.25, 0.3) is 0 Å². The van der Waals surface area contributed by atoms with Gasteiger partial charge in [0.1, 0.15) is 0 Å². The third kappa shape index (κ3) is 2.18. The van der Waals surface area contributed by atoms with Gasteiger partial charge in [0, 0.05) is 30.8 Å². The second-order valence-corrected chi connectivity index (χ2v) is 6.83. The average molecular weight is 297 g/mol. The Hall–Kier alpha value is -1.65. The van der Waals surface area contributed by atoms with Gasteiger partial charge in [-0.25, -0.2) is 0 Å². The quantitative estimate of drug-likeness (QED) is 0.920. The van der Waals surface area contributed by atoms with Crippen LogP contribution in [0.2, 0.25) is 0 Å². The van der Waals surface area contributed by atoms with E-state index in [0.29, 0.717) is 0 Å². The number of hydrogen-bond donors (Lipinski definition) is 1. The molecule has 0 amide bonds. The summed E-state index contributed by atoms with van der Waals surface area (Å²) in [6, 6.07) is 8.60. The third-order valence-electron chi connectivity index (χ3n) is 5.52. The zero-order chi connectivity index (χ0) is 15.2. The Labute approximate surface area is 131 Å². The molecule has 2 aromatic rings. The summed E-state index contributed by atoms with van der Waals surface area (Å²) in [7, 11) is 1.96. The molecule has 1 aromatic carbocycles. The van der Waals surface area contributed by atoms with Crippen molar-refractivity contribution in [1.29, 1.82) is 0 Å². The fourth-order valence-corrected chi connectivity index (χ4v) is 4.29. The number of benzene rings is 1. The lowest BCUT2D eigenvalue weighted by atomic mass is 9.72. The number of aromatic nitrogens is 2. The minimum Gasteiger partial charge on any atom is -0.392 e. The smallest absolute Gasteiger partial charge is 0.0678 e. The van der Waals surface area contributed by atoms with Crippen LogP contribution in [0.3, 0.4) is 0 Å². The highest BCUT2D eigenvalue weighted by Crippen LogP contribution is 2.46. The number of hydrogen-bond acceptors (Lipinski definition) is 3. The Morgan fingerprint density at radius 1 is 1.27 bits per heavy atom. The van der Waals surface area contributed by atoms with E-state index in [9.17, 15) is 5.11 Å². The van der Waals surface area contributed by atoms with E-state index in [1.807, 2.05) is 17.9 Å². The molecule has 1 fully saturated rings. The summed E-state index contributed by atoms with van der Waals surface area (Å²) in [6.45, 7) is 3.04. The van der Waals surface area contributed by atoms with Crippen molar-refractivity contribution < 1.29 is 5.11 Å². The molecule has 1 saturated heterocycles. The number of piperidine rings is 1. The number of aryl methyl sites for hydroxylation is 1. The zero-order valence-electron chi connectivity index (χ0n) is 13.1. The van der Waals surface area contributed by atoms with Gasteiger partial charge in [-0.2, -0.15) is 5.10 Å². The number of aliphatic hydroxyl groups is 1. The number of aliphatic hydroxyl groups excluding tert-OH is 1.